The van der Waals surface area contributed by atoms with E-state index in [-0.39, 0.29) is 6.09 Å². The van der Waals surface area contributed by atoms with E-state index >= 15 is 0 Å². The summed E-state index contributed by atoms with van der Waals surface area (Å²) < 4.78 is 7.51. The molecule has 0 spiro atoms. The molecule has 2 aromatic rings. The Morgan fingerprint density at radius 1 is 1.30 bits per heavy atom. The van der Waals surface area contributed by atoms with Gasteiger partial charge in [-0.25, -0.2) is 9.78 Å². The lowest BCUT2D eigenvalue weighted by Gasteiger charge is -2.33. The number of aromatic nitrogens is 2. The van der Waals surface area contributed by atoms with Crippen molar-refractivity contribution in [2.24, 2.45) is 0 Å². The molecular formula is C18H25N3O2. The van der Waals surface area contributed by atoms with E-state index in [9.17, 15) is 4.79 Å². The van der Waals surface area contributed by atoms with Gasteiger partial charge in [0.1, 0.15) is 5.60 Å². The molecule has 3 heterocycles. The number of fused-ring (bicyclic) bond motifs is 1. The molecule has 23 heavy (non-hydrogen) atoms. The van der Waals surface area contributed by atoms with Crippen molar-refractivity contribution in [1.29, 1.82) is 0 Å². The summed E-state index contributed by atoms with van der Waals surface area (Å²) in [6, 6.07) is 4.40. The Hall–Kier alpha value is -2.04. The maximum Gasteiger partial charge on any atom is 0.410 e. The third-order valence-electron chi connectivity index (χ3n) is 4.37. The minimum absolute atomic E-state index is 0.196. The first-order valence-corrected chi connectivity index (χ1v) is 8.24. The van der Waals surface area contributed by atoms with Gasteiger partial charge >= 0.3 is 6.09 Å². The molecule has 0 aliphatic carbocycles. The minimum atomic E-state index is -0.432. The molecule has 1 saturated heterocycles. The number of likely N-dealkylation sites (tertiary alicyclic amines) is 1. The lowest BCUT2D eigenvalue weighted by atomic mass is 9.90. The highest BCUT2D eigenvalue weighted by molar-refractivity contribution is 5.68. The Morgan fingerprint density at radius 2 is 2.00 bits per heavy atom. The summed E-state index contributed by atoms with van der Waals surface area (Å²) in [4.78, 5) is 18.3. The second-order valence-electron chi connectivity index (χ2n) is 7.32. The fraction of sp³-hybridized carbons (Fsp3) is 0.556. The number of amides is 1. The largest absolute Gasteiger partial charge is 0.444 e. The lowest BCUT2D eigenvalue weighted by Crippen LogP contribution is -2.41. The average molecular weight is 315 g/mol. The number of piperidine rings is 1. The normalized spacial score (nSPS) is 16.8. The van der Waals surface area contributed by atoms with Crippen LogP contribution in [-0.2, 0) is 4.74 Å². The predicted molar refractivity (Wildman–Crippen MR) is 89.7 cm³/mol. The van der Waals surface area contributed by atoms with Crippen LogP contribution in [0, 0.1) is 6.92 Å². The fourth-order valence-corrected chi connectivity index (χ4v) is 3.11. The number of rotatable bonds is 1. The quantitative estimate of drug-likeness (QED) is 0.805. The number of carbonyl (C=O) groups excluding carboxylic acids is 1. The number of hydrogen-bond donors (Lipinski definition) is 0. The van der Waals surface area contributed by atoms with E-state index in [1.54, 1.807) is 0 Å². The molecule has 0 atom stereocenters. The Kier molecular flexibility index (Phi) is 4.04. The van der Waals surface area contributed by atoms with Gasteiger partial charge in [0.05, 0.1) is 17.5 Å². The summed E-state index contributed by atoms with van der Waals surface area (Å²) >= 11 is 0. The zero-order valence-corrected chi connectivity index (χ0v) is 14.4. The first-order valence-electron chi connectivity index (χ1n) is 8.24. The van der Waals surface area contributed by atoms with Crippen LogP contribution in [0.1, 0.15) is 50.8 Å². The molecule has 2 aromatic heterocycles. The molecule has 0 aromatic carbocycles. The van der Waals surface area contributed by atoms with Crippen molar-refractivity contribution >= 4 is 11.6 Å². The topological polar surface area (TPSA) is 46.8 Å². The third-order valence-corrected chi connectivity index (χ3v) is 4.37. The van der Waals surface area contributed by atoms with Crippen LogP contribution in [0.5, 0.6) is 0 Å². The molecule has 3 rings (SSSR count). The van der Waals surface area contributed by atoms with Crippen molar-refractivity contribution in [1.82, 2.24) is 14.3 Å². The molecule has 0 saturated carbocycles. The third kappa shape index (κ3) is 3.49. The van der Waals surface area contributed by atoms with Crippen molar-refractivity contribution < 1.29 is 9.53 Å². The van der Waals surface area contributed by atoms with Gasteiger partial charge in [-0.15, -0.1) is 0 Å². The highest BCUT2D eigenvalue weighted by Crippen LogP contribution is 2.29. The second-order valence-corrected chi connectivity index (χ2v) is 7.32. The van der Waals surface area contributed by atoms with Crippen molar-refractivity contribution in [3.63, 3.8) is 0 Å². The van der Waals surface area contributed by atoms with Crippen LogP contribution in [-0.4, -0.2) is 39.1 Å². The highest BCUT2D eigenvalue weighted by Gasteiger charge is 2.27. The second kappa shape index (κ2) is 5.87. The number of nitrogens with zero attached hydrogens (tertiary/aromatic N) is 3. The van der Waals surface area contributed by atoms with Gasteiger partial charge in [-0.1, -0.05) is 0 Å². The van der Waals surface area contributed by atoms with Gasteiger partial charge in [-0.05, 0) is 64.2 Å². The molecule has 0 bridgehead atoms. The molecule has 0 N–H and O–H groups in total. The molecule has 1 fully saturated rings. The van der Waals surface area contributed by atoms with Gasteiger partial charge in [0.15, 0.2) is 0 Å². The summed E-state index contributed by atoms with van der Waals surface area (Å²) in [5.74, 6) is 0.494. The van der Waals surface area contributed by atoms with Crippen LogP contribution in [0.25, 0.3) is 5.52 Å². The molecule has 0 radical (unpaired) electrons. The van der Waals surface area contributed by atoms with Crippen molar-refractivity contribution in [3.8, 4) is 0 Å². The van der Waals surface area contributed by atoms with Crippen molar-refractivity contribution in [2.75, 3.05) is 13.1 Å². The molecule has 0 unspecified atom stereocenters. The fourth-order valence-electron chi connectivity index (χ4n) is 3.11. The molecule has 5 nitrogen and oxygen atoms in total. The first-order chi connectivity index (χ1) is 10.8. The maximum absolute atomic E-state index is 12.1. The predicted octanol–water partition coefficient (Wildman–Crippen LogP) is 3.76. The molecule has 1 aliphatic rings. The van der Waals surface area contributed by atoms with Gasteiger partial charge in [0.2, 0.25) is 0 Å². The number of carbonyl (C=O) groups is 1. The minimum Gasteiger partial charge on any atom is -0.444 e. The molecule has 5 heteroatoms. The Bertz CT molecular complexity index is 707. The van der Waals surface area contributed by atoms with Crippen LogP contribution in [0.15, 0.2) is 24.7 Å². The molecule has 1 amide bonds. The number of hydrogen-bond acceptors (Lipinski definition) is 3. The monoisotopic (exact) mass is 315 g/mol. The number of ether oxygens (including phenoxy) is 1. The Balaban J connectivity index is 1.66. The average Bonchev–Trinajstić information content (AvgIpc) is 2.87. The van der Waals surface area contributed by atoms with E-state index in [0.717, 1.165) is 37.1 Å². The summed E-state index contributed by atoms with van der Waals surface area (Å²) in [6.07, 6.45) is 5.67. The van der Waals surface area contributed by atoms with Gasteiger partial charge in [0.25, 0.3) is 0 Å². The standard InChI is InChI=1S/C18H25N3O2/c1-13-16-11-15(7-10-21(16)12-19-13)14-5-8-20(9-6-14)17(22)23-18(2,3)4/h7,10-12,14H,5-6,8-9H2,1-4H3. The van der Waals surface area contributed by atoms with Gasteiger partial charge in [0, 0.05) is 19.3 Å². The summed E-state index contributed by atoms with van der Waals surface area (Å²) in [5, 5.41) is 0. The van der Waals surface area contributed by atoms with E-state index in [2.05, 4.69) is 27.7 Å². The molecular weight excluding hydrogens is 290 g/mol. The SMILES string of the molecule is Cc1ncn2ccc(C3CCN(C(=O)OC(C)(C)C)CC3)cc12. The van der Waals surface area contributed by atoms with Gasteiger partial charge in [-0.2, -0.15) is 0 Å². The van der Waals surface area contributed by atoms with Gasteiger partial charge < -0.3 is 14.0 Å². The van der Waals surface area contributed by atoms with Gasteiger partial charge in [-0.3, -0.25) is 0 Å². The van der Waals surface area contributed by atoms with Crippen LogP contribution in [0.3, 0.4) is 0 Å². The zero-order valence-electron chi connectivity index (χ0n) is 14.4. The van der Waals surface area contributed by atoms with E-state index in [1.165, 1.54) is 5.56 Å². The zero-order chi connectivity index (χ0) is 16.6. The number of aryl methyl sites for hydroxylation is 1. The van der Waals surface area contributed by atoms with Crippen LogP contribution < -0.4 is 0 Å². The first kappa shape index (κ1) is 15.8. The van der Waals surface area contributed by atoms with Crippen LogP contribution in [0.2, 0.25) is 0 Å². The summed E-state index contributed by atoms with van der Waals surface area (Å²) in [6.45, 7) is 9.25. The van der Waals surface area contributed by atoms with E-state index < -0.39 is 5.60 Å². The van der Waals surface area contributed by atoms with Crippen LogP contribution in [0.4, 0.5) is 4.79 Å². The van der Waals surface area contributed by atoms with E-state index in [4.69, 9.17) is 4.74 Å². The lowest BCUT2D eigenvalue weighted by molar-refractivity contribution is 0.0205. The number of imidazole rings is 1. The maximum atomic E-state index is 12.1. The smallest absolute Gasteiger partial charge is 0.410 e. The van der Waals surface area contributed by atoms with Crippen LogP contribution >= 0.6 is 0 Å². The summed E-state index contributed by atoms with van der Waals surface area (Å²) in [7, 11) is 0. The Morgan fingerprint density at radius 3 is 2.65 bits per heavy atom. The van der Waals surface area contributed by atoms with Crippen molar-refractivity contribution in [2.45, 2.75) is 52.1 Å². The highest BCUT2D eigenvalue weighted by atomic mass is 16.6. The summed E-state index contributed by atoms with van der Waals surface area (Å²) in [5.41, 5.74) is 3.12. The number of pyridine rings is 1. The van der Waals surface area contributed by atoms with E-state index in [1.807, 2.05) is 38.9 Å². The van der Waals surface area contributed by atoms with Crippen molar-refractivity contribution in [3.05, 3.63) is 35.9 Å². The molecule has 124 valence electrons. The van der Waals surface area contributed by atoms with E-state index in [0.29, 0.717) is 5.92 Å². The molecule has 1 aliphatic heterocycles. The Labute approximate surface area is 137 Å².